The van der Waals surface area contributed by atoms with Crippen molar-refractivity contribution in [2.45, 2.75) is 11.3 Å². The second-order valence-corrected chi connectivity index (χ2v) is 8.52. The van der Waals surface area contributed by atoms with Gasteiger partial charge in [0.15, 0.2) is 0 Å². The molecule has 8 heteroatoms. The summed E-state index contributed by atoms with van der Waals surface area (Å²) in [5.41, 5.74) is 0.949. The van der Waals surface area contributed by atoms with Gasteiger partial charge in [0.1, 0.15) is 9.84 Å². The molecule has 0 unspecified atom stereocenters. The molecule has 19 heavy (non-hydrogen) atoms. The largest absolute Gasteiger partial charge is 0.240 e. The molecule has 0 amide bonds. The molecule has 1 aromatic rings. The van der Waals surface area contributed by atoms with E-state index < -0.39 is 19.9 Å². The van der Waals surface area contributed by atoms with Gasteiger partial charge in [-0.15, -0.1) is 11.6 Å². The Hall–Kier alpha value is -0.630. The van der Waals surface area contributed by atoms with Gasteiger partial charge in [-0.2, -0.15) is 0 Å². The van der Waals surface area contributed by atoms with Gasteiger partial charge in [0.2, 0.25) is 10.0 Å². The summed E-state index contributed by atoms with van der Waals surface area (Å²) >= 11 is 5.59. The van der Waals surface area contributed by atoms with E-state index >= 15 is 0 Å². The average molecular weight is 326 g/mol. The summed E-state index contributed by atoms with van der Waals surface area (Å²) in [6.07, 6.45) is 1.73. The zero-order chi connectivity index (χ0) is 14.5. The summed E-state index contributed by atoms with van der Waals surface area (Å²) in [6.45, 7) is -0.134. The van der Waals surface area contributed by atoms with Crippen LogP contribution in [0.4, 0.5) is 0 Å². The number of halogens is 1. The molecule has 0 saturated carbocycles. The van der Waals surface area contributed by atoms with Gasteiger partial charge in [0.05, 0.1) is 10.6 Å². The number of hydrogen-bond acceptors (Lipinski definition) is 4. The zero-order valence-corrected chi connectivity index (χ0v) is 12.9. The maximum atomic E-state index is 11.9. The first-order chi connectivity index (χ1) is 8.74. The van der Waals surface area contributed by atoms with Crippen LogP contribution in [0.5, 0.6) is 0 Å². The van der Waals surface area contributed by atoms with E-state index in [2.05, 4.69) is 4.72 Å². The minimum Gasteiger partial charge on any atom is -0.229 e. The first kappa shape index (κ1) is 16.4. The fourth-order valence-electron chi connectivity index (χ4n) is 1.39. The summed E-state index contributed by atoms with van der Waals surface area (Å²) in [7, 11) is -6.85. The van der Waals surface area contributed by atoms with Crippen LogP contribution in [0.3, 0.4) is 0 Å². The van der Waals surface area contributed by atoms with Crippen molar-refractivity contribution in [3.63, 3.8) is 0 Å². The Morgan fingerprint density at radius 2 is 1.68 bits per heavy atom. The van der Waals surface area contributed by atoms with Crippen LogP contribution in [0.1, 0.15) is 5.56 Å². The molecule has 108 valence electrons. The summed E-state index contributed by atoms with van der Waals surface area (Å²) in [5, 5.41) is 0. The van der Waals surface area contributed by atoms with Crippen LogP contribution in [0.2, 0.25) is 0 Å². The summed E-state index contributed by atoms with van der Waals surface area (Å²) in [4.78, 5) is 0.110. The highest BCUT2D eigenvalue weighted by Gasteiger charge is 2.14. The molecule has 0 atom stereocenters. The molecule has 0 saturated heterocycles. The molecule has 0 aliphatic rings. The lowest BCUT2D eigenvalue weighted by atomic mass is 10.2. The monoisotopic (exact) mass is 325 g/mol. The van der Waals surface area contributed by atoms with Crippen LogP contribution in [0.25, 0.3) is 0 Å². The second kappa shape index (κ2) is 6.69. The second-order valence-electron chi connectivity index (χ2n) is 4.11. The number of benzene rings is 1. The quantitative estimate of drug-likeness (QED) is 0.752. The summed E-state index contributed by atoms with van der Waals surface area (Å²) in [6, 6.07) is 6.33. The van der Waals surface area contributed by atoms with Gasteiger partial charge < -0.3 is 0 Å². The molecule has 0 aliphatic heterocycles. The van der Waals surface area contributed by atoms with E-state index in [9.17, 15) is 16.8 Å². The lowest BCUT2D eigenvalue weighted by Crippen LogP contribution is -2.28. The number of sulfone groups is 1. The van der Waals surface area contributed by atoms with Crippen molar-refractivity contribution in [3.8, 4) is 0 Å². The Bertz CT molecular complexity index is 609. The number of hydrogen-bond donors (Lipinski definition) is 1. The van der Waals surface area contributed by atoms with E-state index in [1.807, 2.05) is 0 Å². The number of sulfonamides is 1. The fourth-order valence-corrected chi connectivity index (χ4v) is 3.24. The van der Waals surface area contributed by atoms with Crippen molar-refractivity contribution >= 4 is 31.5 Å². The highest BCUT2D eigenvalue weighted by atomic mass is 35.5. The molecule has 1 rings (SSSR count). The summed E-state index contributed by atoms with van der Waals surface area (Å²) < 4.78 is 47.8. The van der Waals surface area contributed by atoms with Gasteiger partial charge in [-0.1, -0.05) is 12.1 Å². The van der Waals surface area contributed by atoms with Crippen LogP contribution in [-0.2, 0) is 26.3 Å². The molecule has 0 fully saturated rings. The van der Waals surface area contributed by atoms with Gasteiger partial charge in [-0.3, -0.25) is 0 Å². The standard InChI is InChI=1S/C11H16ClNO4S2/c1-18(14,15)9-8-13-19(16,17)11-4-2-10(3-5-11)6-7-12/h2-5,13H,6-9H2,1H3. The minimum atomic E-state index is -3.66. The Morgan fingerprint density at radius 1 is 1.11 bits per heavy atom. The number of rotatable bonds is 7. The SMILES string of the molecule is CS(=O)(=O)CCNS(=O)(=O)c1ccc(CCCl)cc1. The smallest absolute Gasteiger partial charge is 0.229 e. The molecule has 5 nitrogen and oxygen atoms in total. The molecular weight excluding hydrogens is 310 g/mol. The Morgan fingerprint density at radius 3 is 2.16 bits per heavy atom. The van der Waals surface area contributed by atoms with E-state index in [-0.39, 0.29) is 17.2 Å². The van der Waals surface area contributed by atoms with Gasteiger partial charge in [0.25, 0.3) is 0 Å². The lowest BCUT2D eigenvalue weighted by molar-refractivity contribution is 0.582. The molecule has 0 radical (unpaired) electrons. The third-order valence-corrected chi connectivity index (χ3v) is 4.99. The maximum Gasteiger partial charge on any atom is 0.240 e. The molecule has 0 aliphatic carbocycles. The molecule has 0 bridgehead atoms. The Labute approximate surface area is 118 Å². The lowest BCUT2D eigenvalue weighted by Gasteiger charge is -2.07. The first-order valence-electron chi connectivity index (χ1n) is 5.57. The Kier molecular flexibility index (Phi) is 5.79. The van der Waals surface area contributed by atoms with Crippen molar-refractivity contribution in [1.82, 2.24) is 4.72 Å². The van der Waals surface area contributed by atoms with E-state index in [1.54, 1.807) is 12.1 Å². The Balaban J connectivity index is 2.72. The molecule has 0 spiro atoms. The molecule has 0 aromatic heterocycles. The van der Waals surface area contributed by atoms with Crippen LogP contribution in [0, 0.1) is 0 Å². The predicted octanol–water partition coefficient (Wildman–Crippen LogP) is 0.791. The van der Waals surface area contributed by atoms with Gasteiger partial charge in [-0.05, 0) is 24.1 Å². The van der Waals surface area contributed by atoms with Crippen molar-refractivity contribution in [3.05, 3.63) is 29.8 Å². The summed E-state index contributed by atoms with van der Waals surface area (Å²) in [5.74, 6) is 0.245. The number of aryl methyl sites for hydroxylation is 1. The third kappa shape index (κ3) is 5.90. The molecule has 1 aromatic carbocycles. The van der Waals surface area contributed by atoms with Crippen LogP contribution < -0.4 is 4.72 Å². The van der Waals surface area contributed by atoms with Crippen LogP contribution in [0.15, 0.2) is 29.2 Å². The van der Waals surface area contributed by atoms with E-state index in [1.165, 1.54) is 12.1 Å². The highest BCUT2D eigenvalue weighted by Crippen LogP contribution is 2.11. The van der Waals surface area contributed by atoms with Gasteiger partial charge >= 0.3 is 0 Å². The predicted molar refractivity (Wildman–Crippen MR) is 75.8 cm³/mol. The number of alkyl halides is 1. The minimum absolute atomic E-state index is 0.110. The van der Waals surface area contributed by atoms with E-state index in [0.717, 1.165) is 11.8 Å². The van der Waals surface area contributed by atoms with Crippen molar-refractivity contribution in [1.29, 1.82) is 0 Å². The maximum absolute atomic E-state index is 11.9. The molecule has 0 heterocycles. The average Bonchev–Trinajstić information content (AvgIpc) is 2.28. The zero-order valence-electron chi connectivity index (χ0n) is 10.5. The molecule has 1 N–H and O–H groups in total. The van der Waals surface area contributed by atoms with Crippen molar-refractivity contribution in [2.75, 3.05) is 24.4 Å². The van der Waals surface area contributed by atoms with Crippen molar-refractivity contribution < 1.29 is 16.8 Å². The van der Waals surface area contributed by atoms with Crippen LogP contribution >= 0.6 is 11.6 Å². The topological polar surface area (TPSA) is 80.3 Å². The fraction of sp³-hybridized carbons (Fsp3) is 0.455. The first-order valence-corrected chi connectivity index (χ1v) is 9.65. The van der Waals surface area contributed by atoms with Gasteiger partial charge in [0, 0.05) is 18.7 Å². The van der Waals surface area contributed by atoms with E-state index in [4.69, 9.17) is 11.6 Å². The highest BCUT2D eigenvalue weighted by molar-refractivity contribution is 7.91. The number of nitrogens with one attached hydrogen (secondary N) is 1. The van der Waals surface area contributed by atoms with Gasteiger partial charge in [-0.25, -0.2) is 21.6 Å². The van der Waals surface area contributed by atoms with Crippen LogP contribution in [-0.4, -0.2) is 41.3 Å². The normalized spacial score (nSPS) is 12.5. The van der Waals surface area contributed by atoms with E-state index in [0.29, 0.717) is 12.3 Å². The van der Waals surface area contributed by atoms with Crippen molar-refractivity contribution in [2.24, 2.45) is 0 Å². The third-order valence-electron chi connectivity index (χ3n) is 2.38. The molecular formula is C11H16ClNO4S2.